The molecule has 0 bridgehead atoms. The molecule has 2 aromatic heterocycles. The molecule has 2 aromatic rings. The molecule has 0 spiro atoms. The lowest BCUT2D eigenvalue weighted by atomic mass is 10.2. The molecule has 0 aromatic carbocycles. The first-order valence-electron chi connectivity index (χ1n) is 5.98. The number of aliphatic hydroxyl groups is 1. The van der Waals surface area contributed by atoms with E-state index in [0.717, 1.165) is 35.0 Å². The lowest BCUT2D eigenvalue weighted by molar-refractivity contribution is 0.328. The monoisotopic (exact) mass is 263 g/mol. The largest absolute Gasteiger partial charge is 0.392 e. The molecule has 1 atom stereocenters. The van der Waals surface area contributed by atoms with Gasteiger partial charge in [0.25, 0.3) is 0 Å². The highest BCUT2D eigenvalue weighted by molar-refractivity contribution is 6.34. The number of halogens is 1. The summed E-state index contributed by atoms with van der Waals surface area (Å²) in [6, 6.07) is 0.259. The maximum absolute atomic E-state index is 9.17. The highest BCUT2D eigenvalue weighted by Crippen LogP contribution is 2.33. The Labute approximate surface area is 110 Å². The first kappa shape index (κ1) is 11.7. The zero-order chi connectivity index (χ0) is 12.7. The number of fused-ring (bicyclic) bond motifs is 1. The van der Waals surface area contributed by atoms with Crippen LogP contribution in [0.15, 0.2) is 24.2 Å². The van der Waals surface area contributed by atoms with Crippen molar-refractivity contribution >= 4 is 22.6 Å². The van der Waals surface area contributed by atoms with Crippen LogP contribution in [0.1, 0.15) is 24.4 Å². The van der Waals surface area contributed by atoms with E-state index in [-0.39, 0.29) is 12.6 Å². The van der Waals surface area contributed by atoms with Crippen molar-refractivity contribution in [1.82, 2.24) is 14.5 Å². The molecule has 1 aliphatic rings. The lowest BCUT2D eigenvalue weighted by Crippen LogP contribution is -2.02. The van der Waals surface area contributed by atoms with Gasteiger partial charge in [-0.25, -0.2) is 9.97 Å². The van der Waals surface area contributed by atoms with E-state index in [1.165, 1.54) is 6.33 Å². The predicted molar refractivity (Wildman–Crippen MR) is 70.7 cm³/mol. The fourth-order valence-electron chi connectivity index (χ4n) is 2.60. The Bertz CT molecular complexity index is 632. The summed E-state index contributed by atoms with van der Waals surface area (Å²) in [6.07, 6.45) is 7.62. The molecule has 0 saturated heterocycles. The third-order valence-electron chi connectivity index (χ3n) is 3.50. The second-order valence-electron chi connectivity index (χ2n) is 4.67. The van der Waals surface area contributed by atoms with Crippen LogP contribution in [0.25, 0.3) is 11.0 Å². The van der Waals surface area contributed by atoms with E-state index in [9.17, 15) is 0 Å². The van der Waals surface area contributed by atoms with Crippen molar-refractivity contribution in [3.05, 3.63) is 34.9 Å². The highest BCUT2D eigenvalue weighted by Gasteiger charge is 2.20. The van der Waals surface area contributed by atoms with Crippen LogP contribution in [-0.4, -0.2) is 26.2 Å². The van der Waals surface area contributed by atoms with E-state index in [4.69, 9.17) is 16.7 Å². The normalized spacial score (nSPS) is 19.5. The second-order valence-corrected chi connectivity index (χ2v) is 5.03. The maximum atomic E-state index is 9.17. The summed E-state index contributed by atoms with van der Waals surface area (Å²) in [4.78, 5) is 8.36. The number of hydrogen-bond donors (Lipinski definition) is 1. The minimum atomic E-state index is 0.143. The van der Waals surface area contributed by atoms with Gasteiger partial charge < -0.3 is 9.67 Å². The van der Waals surface area contributed by atoms with Crippen LogP contribution >= 0.6 is 11.6 Å². The van der Waals surface area contributed by atoms with Gasteiger partial charge in [0.15, 0.2) is 0 Å². The molecule has 18 heavy (non-hydrogen) atoms. The van der Waals surface area contributed by atoms with E-state index >= 15 is 0 Å². The fraction of sp³-hybridized carbons (Fsp3) is 0.385. The van der Waals surface area contributed by atoms with Gasteiger partial charge in [-0.2, -0.15) is 0 Å². The zero-order valence-electron chi connectivity index (χ0n) is 10.1. The van der Waals surface area contributed by atoms with Crippen LogP contribution in [0.5, 0.6) is 0 Å². The van der Waals surface area contributed by atoms with Gasteiger partial charge in [0.2, 0.25) is 0 Å². The molecular weight excluding hydrogens is 250 g/mol. The number of hydrogen-bond acceptors (Lipinski definition) is 3. The Balaban J connectivity index is 2.14. The van der Waals surface area contributed by atoms with Gasteiger partial charge in [-0.1, -0.05) is 17.7 Å². The molecule has 0 fully saturated rings. The number of rotatable bonds is 2. The summed E-state index contributed by atoms with van der Waals surface area (Å²) in [5.41, 5.74) is 3.05. The average Bonchev–Trinajstić information content (AvgIpc) is 2.94. The van der Waals surface area contributed by atoms with Crippen molar-refractivity contribution in [2.45, 2.75) is 25.8 Å². The summed E-state index contributed by atoms with van der Waals surface area (Å²) in [5.74, 6) is 0. The van der Waals surface area contributed by atoms with Gasteiger partial charge in [-0.15, -0.1) is 0 Å². The van der Waals surface area contributed by atoms with Crippen LogP contribution in [0.2, 0.25) is 5.15 Å². The molecule has 2 heterocycles. The van der Waals surface area contributed by atoms with Crippen LogP contribution in [0, 0.1) is 6.92 Å². The predicted octanol–water partition coefficient (Wildman–Crippen LogP) is 2.65. The molecule has 4 nitrogen and oxygen atoms in total. The topological polar surface area (TPSA) is 50.9 Å². The Kier molecular flexibility index (Phi) is 2.84. The zero-order valence-corrected chi connectivity index (χ0v) is 10.9. The molecule has 5 heteroatoms. The average molecular weight is 264 g/mol. The molecule has 94 valence electrons. The summed E-state index contributed by atoms with van der Waals surface area (Å²) < 4.78 is 2.13. The van der Waals surface area contributed by atoms with Gasteiger partial charge in [-0.3, -0.25) is 0 Å². The maximum Gasteiger partial charge on any atom is 0.145 e. The van der Waals surface area contributed by atoms with Gasteiger partial charge >= 0.3 is 0 Å². The molecule has 0 saturated carbocycles. The van der Waals surface area contributed by atoms with Crippen molar-refractivity contribution in [1.29, 1.82) is 0 Å². The molecular formula is C13H14ClN3O. The van der Waals surface area contributed by atoms with Crippen molar-refractivity contribution in [2.24, 2.45) is 0 Å². The van der Waals surface area contributed by atoms with E-state index in [1.54, 1.807) is 0 Å². The molecule has 0 aliphatic heterocycles. The number of nitrogens with zero attached hydrogens (tertiary/aromatic N) is 3. The first-order chi connectivity index (χ1) is 8.70. The summed E-state index contributed by atoms with van der Waals surface area (Å²) in [7, 11) is 0. The Morgan fingerprint density at radius 1 is 1.50 bits per heavy atom. The molecule has 1 aliphatic carbocycles. The highest BCUT2D eigenvalue weighted by atomic mass is 35.5. The lowest BCUT2D eigenvalue weighted by Gasteiger charge is -2.10. The second kappa shape index (κ2) is 4.37. The minimum absolute atomic E-state index is 0.143. The van der Waals surface area contributed by atoms with E-state index in [2.05, 4.69) is 26.8 Å². The number of aliphatic hydroxyl groups excluding tert-OH is 1. The molecule has 3 rings (SSSR count). The Morgan fingerprint density at radius 3 is 3.06 bits per heavy atom. The molecule has 1 N–H and O–H groups in total. The summed E-state index contributed by atoms with van der Waals surface area (Å²) >= 11 is 6.12. The first-order valence-corrected chi connectivity index (χ1v) is 6.36. The van der Waals surface area contributed by atoms with Crippen LogP contribution in [0.3, 0.4) is 0 Å². The third kappa shape index (κ3) is 1.72. The fourth-order valence-corrected chi connectivity index (χ4v) is 2.88. The van der Waals surface area contributed by atoms with E-state index < -0.39 is 0 Å². The molecule has 0 radical (unpaired) electrons. The Morgan fingerprint density at radius 2 is 2.33 bits per heavy atom. The van der Waals surface area contributed by atoms with Gasteiger partial charge in [0.05, 0.1) is 18.0 Å². The quantitative estimate of drug-likeness (QED) is 0.669. The third-order valence-corrected chi connectivity index (χ3v) is 3.79. The number of aryl methyl sites for hydroxylation is 1. The minimum Gasteiger partial charge on any atom is -0.392 e. The van der Waals surface area contributed by atoms with Crippen molar-refractivity contribution in [3.8, 4) is 0 Å². The number of aromatic nitrogens is 3. The summed E-state index contributed by atoms with van der Waals surface area (Å²) in [5, 5.41) is 10.6. The SMILES string of the molecule is Cc1cn(C2C=C(CO)CC2)c2ncnc(Cl)c12. The van der Waals surface area contributed by atoms with E-state index in [0.29, 0.717) is 5.15 Å². The van der Waals surface area contributed by atoms with Crippen LogP contribution in [-0.2, 0) is 0 Å². The summed E-state index contributed by atoms with van der Waals surface area (Å²) in [6.45, 7) is 2.16. The van der Waals surface area contributed by atoms with Crippen LogP contribution in [0.4, 0.5) is 0 Å². The van der Waals surface area contributed by atoms with Crippen molar-refractivity contribution in [3.63, 3.8) is 0 Å². The van der Waals surface area contributed by atoms with Gasteiger partial charge in [0.1, 0.15) is 17.1 Å². The molecule has 1 unspecified atom stereocenters. The smallest absolute Gasteiger partial charge is 0.145 e. The van der Waals surface area contributed by atoms with E-state index in [1.807, 2.05) is 6.92 Å². The number of allylic oxidation sites excluding steroid dienone is 1. The van der Waals surface area contributed by atoms with Crippen molar-refractivity contribution in [2.75, 3.05) is 6.61 Å². The van der Waals surface area contributed by atoms with Gasteiger partial charge in [-0.05, 0) is 30.9 Å². The standard InChI is InChI=1S/C13H14ClN3O/c1-8-5-17(10-3-2-9(4-10)6-18)13-11(8)12(14)15-7-16-13/h4-5,7,10,18H,2-3,6H2,1H3. The molecule has 0 amide bonds. The Hall–Kier alpha value is -1.39. The van der Waals surface area contributed by atoms with Crippen LogP contribution < -0.4 is 0 Å². The van der Waals surface area contributed by atoms with Crippen molar-refractivity contribution < 1.29 is 5.11 Å². The van der Waals surface area contributed by atoms with Gasteiger partial charge in [0, 0.05) is 6.20 Å².